The van der Waals surface area contributed by atoms with E-state index < -0.39 is 0 Å². The van der Waals surface area contributed by atoms with Crippen LogP contribution in [0.15, 0.2) is 51.8 Å². The number of hydrogen-bond donors (Lipinski definition) is 0. The van der Waals surface area contributed by atoms with E-state index in [-0.39, 0.29) is 16.9 Å². The van der Waals surface area contributed by atoms with Crippen LogP contribution in [0.4, 0.5) is 0 Å². The smallest absolute Gasteiger partial charge is 0.280 e. The predicted molar refractivity (Wildman–Crippen MR) is 94.2 cm³/mol. The van der Waals surface area contributed by atoms with Gasteiger partial charge in [-0.05, 0) is 44.5 Å². The molecule has 24 heavy (non-hydrogen) atoms. The number of allylic oxidation sites excluding steroid dienone is 2. The molecule has 2 aromatic heterocycles. The summed E-state index contributed by atoms with van der Waals surface area (Å²) in [5.74, 6) is 0. The van der Waals surface area contributed by atoms with Crippen LogP contribution in [0.2, 0.25) is 5.02 Å². The average molecular weight is 345 g/mol. The highest BCUT2D eigenvalue weighted by molar-refractivity contribution is 6.31. The Bertz CT molecular complexity index is 1070. The molecular formula is C17H17ClN4O2. The summed E-state index contributed by atoms with van der Waals surface area (Å²) in [4.78, 5) is 25.0. The van der Waals surface area contributed by atoms with E-state index in [1.807, 2.05) is 32.9 Å². The highest BCUT2D eigenvalue weighted by atomic mass is 35.5. The number of aromatic nitrogens is 4. The van der Waals surface area contributed by atoms with Gasteiger partial charge in [-0.25, -0.2) is 13.9 Å². The second kappa shape index (κ2) is 6.13. The van der Waals surface area contributed by atoms with E-state index in [1.54, 1.807) is 24.5 Å². The van der Waals surface area contributed by atoms with Gasteiger partial charge >= 0.3 is 11.2 Å². The van der Waals surface area contributed by atoms with Crippen molar-refractivity contribution in [1.82, 2.24) is 18.7 Å². The van der Waals surface area contributed by atoms with E-state index in [9.17, 15) is 9.59 Å². The standard InChI is InChI=1S/C17H17ClN4O2/c1-11(2)6-7-22-17(24)21-9-8-20(16(23)15(21)19-22)13-4-5-14(18)12(3)10-13/h4-6,8-10H,7H2,1-3H3. The van der Waals surface area contributed by atoms with Crippen molar-refractivity contribution in [3.8, 4) is 5.69 Å². The zero-order valence-corrected chi connectivity index (χ0v) is 14.4. The lowest BCUT2D eigenvalue weighted by Gasteiger charge is -2.07. The highest BCUT2D eigenvalue weighted by Gasteiger charge is 2.12. The van der Waals surface area contributed by atoms with Gasteiger partial charge in [0.1, 0.15) is 0 Å². The molecule has 0 amide bonds. The molecule has 1 aromatic carbocycles. The van der Waals surface area contributed by atoms with Crippen LogP contribution in [0, 0.1) is 6.92 Å². The van der Waals surface area contributed by atoms with Gasteiger partial charge in [0.2, 0.25) is 5.65 Å². The second-order valence-electron chi connectivity index (χ2n) is 5.85. The molecule has 0 saturated heterocycles. The number of rotatable bonds is 3. The minimum Gasteiger partial charge on any atom is -0.280 e. The van der Waals surface area contributed by atoms with Crippen molar-refractivity contribution >= 4 is 17.2 Å². The lowest BCUT2D eigenvalue weighted by Crippen LogP contribution is -2.24. The maximum Gasteiger partial charge on any atom is 0.350 e. The fourth-order valence-corrected chi connectivity index (χ4v) is 2.50. The SMILES string of the molecule is CC(C)=CCn1nc2c(=O)n(-c3ccc(Cl)c(C)c3)ccn2c1=O. The summed E-state index contributed by atoms with van der Waals surface area (Å²) >= 11 is 6.03. The van der Waals surface area contributed by atoms with E-state index >= 15 is 0 Å². The van der Waals surface area contributed by atoms with Gasteiger partial charge in [0.05, 0.1) is 6.54 Å². The average Bonchev–Trinajstić information content (AvgIpc) is 2.86. The Balaban J connectivity index is 2.18. The molecule has 0 aliphatic carbocycles. The summed E-state index contributed by atoms with van der Waals surface area (Å²) in [6.07, 6.45) is 5.00. The Morgan fingerprint density at radius 3 is 2.67 bits per heavy atom. The minimum absolute atomic E-state index is 0.0947. The van der Waals surface area contributed by atoms with Gasteiger partial charge in [-0.3, -0.25) is 9.36 Å². The largest absolute Gasteiger partial charge is 0.350 e. The first kappa shape index (κ1) is 16.3. The van der Waals surface area contributed by atoms with Gasteiger partial charge < -0.3 is 0 Å². The fourth-order valence-electron chi connectivity index (χ4n) is 2.38. The first-order valence-electron chi connectivity index (χ1n) is 7.49. The zero-order valence-electron chi connectivity index (χ0n) is 13.7. The molecule has 0 aliphatic rings. The summed E-state index contributed by atoms with van der Waals surface area (Å²) in [5.41, 5.74) is 2.03. The van der Waals surface area contributed by atoms with Crippen molar-refractivity contribution in [1.29, 1.82) is 0 Å². The molecule has 3 rings (SSSR count). The van der Waals surface area contributed by atoms with Crippen molar-refractivity contribution < 1.29 is 0 Å². The summed E-state index contributed by atoms with van der Waals surface area (Å²) in [7, 11) is 0. The fraction of sp³-hybridized carbons (Fsp3) is 0.235. The molecular weight excluding hydrogens is 328 g/mol. The van der Waals surface area contributed by atoms with Crippen molar-refractivity contribution in [2.24, 2.45) is 0 Å². The van der Waals surface area contributed by atoms with E-state index in [2.05, 4.69) is 5.10 Å². The molecule has 6 nitrogen and oxygen atoms in total. The maximum atomic E-state index is 12.7. The molecule has 0 spiro atoms. The molecule has 0 bridgehead atoms. The predicted octanol–water partition coefficient (Wildman–Crippen LogP) is 2.57. The molecule has 0 unspecified atom stereocenters. The number of halogens is 1. The van der Waals surface area contributed by atoms with Crippen molar-refractivity contribution in [2.75, 3.05) is 0 Å². The quantitative estimate of drug-likeness (QED) is 0.686. The molecule has 0 atom stereocenters. The molecule has 0 radical (unpaired) electrons. The van der Waals surface area contributed by atoms with Gasteiger partial charge in [0.15, 0.2) is 0 Å². The first-order valence-corrected chi connectivity index (χ1v) is 7.87. The van der Waals surface area contributed by atoms with Gasteiger partial charge in [-0.2, -0.15) is 0 Å². The summed E-state index contributed by atoms with van der Waals surface area (Å²) in [6.45, 7) is 6.09. The number of hydrogen-bond acceptors (Lipinski definition) is 3. The van der Waals surface area contributed by atoms with Crippen molar-refractivity contribution in [3.05, 3.63) is 73.7 Å². The Kier molecular flexibility index (Phi) is 4.15. The third-order valence-corrected chi connectivity index (χ3v) is 4.16. The van der Waals surface area contributed by atoms with Crippen molar-refractivity contribution in [3.63, 3.8) is 0 Å². The van der Waals surface area contributed by atoms with Crippen LogP contribution >= 0.6 is 11.6 Å². The lowest BCUT2D eigenvalue weighted by atomic mass is 10.2. The first-order chi connectivity index (χ1) is 11.4. The molecule has 124 valence electrons. The third-order valence-electron chi connectivity index (χ3n) is 3.74. The topological polar surface area (TPSA) is 61.3 Å². The van der Waals surface area contributed by atoms with Gasteiger partial charge in [-0.15, -0.1) is 5.10 Å². The van der Waals surface area contributed by atoms with E-state index in [0.29, 0.717) is 17.3 Å². The van der Waals surface area contributed by atoms with Crippen LogP contribution in [0.3, 0.4) is 0 Å². The Morgan fingerprint density at radius 2 is 2.00 bits per heavy atom. The van der Waals surface area contributed by atoms with Gasteiger partial charge in [0.25, 0.3) is 0 Å². The summed E-state index contributed by atoms with van der Waals surface area (Å²) in [5, 5.41) is 4.81. The second-order valence-corrected chi connectivity index (χ2v) is 6.25. The third kappa shape index (κ3) is 2.80. The van der Waals surface area contributed by atoms with Crippen molar-refractivity contribution in [2.45, 2.75) is 27.3 Å². The Morgan fingerprint density at radius 1 is 1.25 bits per heavy atom. The molecule has 0 N–H and O–H groups in total. The van der Waals surface area contributed by atoms with Crippen LogP contribution in [-0.2, 0) is 6.54 Å². The summed E-state index contributed by atoms with van der Waals surface area (Å²) < 4.78 is 4.00. The van der Waals surface area contributed by atoms with Crippen LogP contribution in [0.25, 0.3) is 11.3 Å². The Hall–Kier alpha value is -2.60. The number of nitrogens with zero attached hydrogens (tertiary/aromatic N) is 4. The normalized spacial score (nSPS) is 11.0. The molecule has 0 aliphatic heterocycles. The molecule has 0 saturated carbocycles. The number of benzene rings is 1. The number of aryl methyl sites for hydroxylation is 1. The molecule has 7 heteroatoms. The van der Waals surface area contributed by atoms with E-state index in [4.69, 9.17) is 11.6 Å². The maximum absolute atomic E-state index is 12.7. The highest BCUT2D eigenvalue weighted by Crippen LogP contribution is 2.18. The van der Waals surface area contributed by atoms with Crippen LogP contribution in [0.5, 0.6) is 0 Å². The lowest BCUT2D eigenvalue weighted by molar-refractivity contribution is 0.669. The molecule has 3 aromatic rings. The van der Waals surface area contributed by atoms with E-state index in [0.717, 1.165) is 11.1 Å². The van der Waals surface area contributed by atoms with Crippen LogP contribution in [-0.4, -0.2) is 18.7 Å². The molecule has 0 fully saturated rings. The van der Waals surface area contributed by atoms with Gasteiger partial charge in [-0.1, -0.05) is 23.3 Å². The number of fused-ring (bicyclic) bond motifs is 1. The van der Waals surface area contributed by atoms with Crippen LogP contribution in [0.1, 0.15) is 19.4 Å². The summed E-state index contributed by atoms with van der Waals surface area (Å²) in [6, 6.07) is 5.31. The van der Waals surface area contributed by atoms with Crippen LogP contribution < -0.4 is 11.2 Å². The molecule has 2 heterocycles. The monoisotopic (exact) mass is 344 g/mol. The minimum atomic E-state index is -0.354. The Labute approximate surface area is 143 Å². The van der Waals surface area contributed by atoms with Gasteiger partial charge in [0, 0.05) is 23.1 Å². The van der Waals surface area contributed by atoms with E-state index in [1.165, 1.54) is 13.6 Å². The zero-order chi connectivity index (χ0) is 17.4.